The van der Waals surface area contributed by atoms with Crippen molar-refractivity contribution < 1.29 is 39.2 Å². The number of ether oxygens (including phenoxy) is 1. The predicted molar refractivity (Wildman–Crippen MR) is 95.7 cm³/mol. The second kappa shape index (κ2) is 9.17. The van der Waals surface area contributed by atoms with Crippen molar-refractivity contribution in [2.75, 3.05) is 6.54 Å². The number of amides is 1. The highest BCUT2D eigenvalue weighted by atomic mass is 16.5. The second-order valence-electron chi connectivity index (χ2n) is 5.70. The van der Waals surface area contributed by atoms with Gasteiger partial charge in [0.15, 0.2) is 0 Å². The highest BCUT2D eigenvalue weighted by molar-refractivity contribution is 6.01. The third-order valence-corrected chi connectivity index (χ3v) is 3.81. The maximum absolute atomic E-state index is 11.7. The minimum absolute atomic E-state index is 0.0424. The summed E-state index contributed by atoms with van der Waals surface area (Å²) >= 11 is 0. The van der Waals surface area contributed by atoms with Crippen LogP contribution >= 0.6 is 0 Å². The number of aromatic carboxylic acids is 3. The van der Waals surface area contributed by atoms with Crippen molar-refractivity contribution >= 4 is 24.0 Å². The van der Waals surface area contributed by atoms with Crippen LogP contribution in [0.4, 0.5) is 4.79 Å². The molecule has 2 aromatic carbocycles. The summed E-state index contributed by atoms with van der Waals surface area (Å²) in [6, 6.07) is 10.7. The Balaban J connectivity index is 2.08. The zero-order valence-corrected chi connectivity index (χ0v) is 14.5. The van der Waals surface area contributed by atoms with Gasteiger partial charge in [-0.15, -0.1) is 0 Å². The number of alkyl carbamates (subject to hydrolysis) is 1. The Morgan fingerprint density at radius 2 is 1.43 bits per heavy atom. The number of nitrogens with one attached hydrogen (secondary N) is 1. The first-order valence-electron chi connectivity index (χ1n) is 8.11. The van der Waals surface area contributed by atoms with E-state index in [4.69, 9.17) is 9.84 Å². The number of carbonyl (C=O) groups excluding carboxylic acids is 1. The summed E-state index contributed by atoms with van der Waals surface area (Å²) in [6.45, 7) is -0.0542. The van der Waals surface area contributed by atoms with Gasteiger partial charge in [0.05, 0.1) is 16.7 Å². The molecule has 0 radical (unpaired) electrons. The summed E-state index contributed by atoms with van der Waals surface area (Å²) in [6.07, 6.45) is -0.886. The van der Waals surface area contributed by atoms with Gasteiger partial charge in [0.1, 0.15) is 6.61 Å². The van der Waals surface area contributed by atoms with E-state index in [1.807, 2.05) is 6.07 Å². The van der Waals surface area contributed by atoms with Crippen molar-refractivity contribution in [2.24, 2.45) is 0 Å². The van der Waals surface area contributed by atoms with Crippen LogP contribution in [0.1, 0.15) is 42.2 Å². The van der Waals surface area contributed by atoms with E-state index < -0.39 is 40.7 Å². The summed E-state index contributed by atoms with van der Waals surface area (Å²) in [5, 5.41) is 30.0. The fraction of sp³-hybridized carbons (Fsp3) is 0.158. The van der Waals surface area contributed by atoms with Crippen LogP contribution in [0.3, 0.4) is 0 Å². The quantitative estimate of drug-likeness (QED) is 0.538. The van der Waals surface area contributed by atoms with Gasteiger partial charge in [0.2, 0.25) is 0 Å². The SMILES string of the molecule is O=C(NCCc1c(C(=O)O)cc(C(=O)O)cc1C(=O)O)OCc1ccccc1. The highest BCUT2D eigenvalue weighted by Gasteiger charge is 2.22. The van der Waals surface area contributed by atoms with Crippen molar-refractivity contribution in [3.63, 3.8) is 0 Å². The van der Waals surface area contributed by atoms with Crippen molar-refractivity contribution in [3.8, 4) is 0 Å². The molecule has 4 N–H and O–H groups in total. The van der Waals surface area contributed by atoms with Crippen LogP contribution in [0, 0.1) is 0 Å². The number of carboxylic acid groups (broad SMARTS) is 3. The molecular weight excluding hydrogens is 370 g/mol. The highest BCUT2D eigenvalue weighted by Crippen LogP contribution is 2.19. The van der Waals surface area contributed by atoms with Crippen LogP contribution in [0.15, 0.2) is 42.5 Å². The average Bonchev–Trinajstić information content (AvgIpc) is 2.66. The molecule has 2 rings (SSSR count). The molecule has 0 atom stereocenters. The van der Waals surface area contributed by atoms with Gasteiger partial charge in [-0.3, -0.25) is 0 Å². The zero-order valence-electron chi connectivity index (χ0n) is 14.5. The van der Waals surface area contributed by atoms with E-state index in [2.05, 4.69) is 5.32 Å². The minimum Gasteiger partial charge on any atom is -0.478 e. The maximum Gasteiger partial charge on any atom is 0.407 e. The molecule has 0 unspecified atom stereocenters. The Kier molecular flexibility index (Phi) is 6.69. The largest absolute Gasteiger partial charge is 0.478 e. The summed E-state index contributed by atoms with van der Waals surface area (Å²) < 4.78 is 5.01. The molecule has 0 aromatic heterocycles. The topological polar surface area (TPSA) is 150 Å². The third-order valence-electron chi connectivity index (χ3n) is 3.81. The summed E-state index contributed by atoms with van der Waals surface area (Å²) in [5.41, 5.74) is -0.654. The van der Waals surface area contributed by atoms with Crippen molar-refractivity contribution in [2.45, 2.75) is 13.0 Å². The maximum atomic E-state index is 11.7. The monoisotopic (exact) mass is 387 g/mol. The van der Waals surface area contributed by atoms with E-state index in [0.717, 1.165) is 17.7 Å². The molecule has 0 saturated heterocycles. The van der Waals surface area contributed by atoms with Crippen LogP contribution < -0.4 is 5.32 Å². The number of benzene rings is 2. The zero-order chi connectivity index (χ0) is 20.7. The van der Waals surface area contributed by atoms with Crippen LogP contribution in [0.5, 0.6) is 0 Å². The molecule has 0 bridgehead atoms. The molecular formula is C19H17NO8. The molecule has 0 aliphatic carbocycles. The van der Waals surface area contributed by atoms with Crippen molar-refractivity contribution in [1.29, 1.82) is 0 Å². The number of carboxylic acids is 3. The normalized spacial score (nSPS) is 10.1. The summed E-state index contributed by atoms with van der Waals surface area (Å²) in [4.78, 5) is 45.7. The first-order valence-corrected chi connectivity index (χ1v) is 8.11. The lowest BCUT2D eigenvalue weighted by Crippen LogP contribution is -2.27. The molecule has 28 heavy (non-hydrogen) atoms. The minimum atomic E-state index is -1.47. The number of carbonyl (C=O) groups is 4. The van der Waals surface area contributed by atoms with Crippen LogP contribution in [-0.4, -0.2) is 45.9 Å². The standard InChI is InChI=1S/C19H17NO8/c21-16(22)12-8-14(17(23)24)13(15(9-12)18(25)26)6-7-20-19(27)28-10-11-4-2-1-3-5-11/h1-5,8-9H,6-7,10H2,(H,20,27)(H,21,22)(H,23,24)(H,25,26). The molecule has 2 aromatic rings. The van der Waals surface area contributed by atoms with Gasteiger partial charge in [-0.25, -0.2) is 19.2 Å². The molecule has 1 amide bonds. The average molecular weight is 387 g/mol. The molecule has 0 fully saturated rings. The van der Waals surface area contributed by atoms with Gasteiger partial charge < -0.3 is 25.4 Å². The molecule has 0 spiro atoms. The molecule has 9 heteroatoms. The van der Waals surface area contributed by atoms with E-state index in [1.54, 1.807) is 24.3 Å². The Hall–Kier alpha value is -3.88. The molecule has 0 saturated carbocycles. The van der Waals surface area contributed by atoms with E-state index in [0.29, 0.717) is 0 Å². The second-order valence-corrected chi connectivity index (χ2v) is 5.70. The van der Waals surface area contributed by atoms with Crippen molar-refractivity contribution in [3.05, 3.63) is 70.3 Å². The van der Waals surface area contributed by atoms with Crippen LogP contribution in [-0.2, 0) is 17.8 Å². The van der Waals surface area contributed by atoms with Gasteiger partial charge >= 0.3 is 24.0 Å². The van der Waals surface area contributed by atoms with Crippen LogP contribution in [0.25, 0.3) is 0 Å². The number of rotatable bonds is 8. The Bertz CT molecular complexity index is 872. The van der Waals surface area contributed by atoms with Gasteiger partial charge in [0, 0.05) is 6.54 Å². The first-order chi connectivity index (χ1) is 13.3. The van der Waals surface area contributed by atoms with Crippen LogP contribution in [0.2, 0.25) is 0 Å². The number of hydrogen-bond acceptors (Lipinski definition) is 5. The van der Waals surface area contributed by atoms with E-state index >= 15 is 0 Å². The molecule has 0 aliphatic rings. The Morgan fingerprint density at radius 1 is 0.857 bits per heavy atom. The first kappa shape index (κ1) is 20.4. The lowest BCUT2D eigenvalue weighted by molar-refractivity contribution is 0.0694. The molecule has 0 aliphatic heterocycles. The van der Waals surface area contributed by atoms with Gasteiger partial charge in [-0.2, -0.15) is 0 Å². The third kappa shape index (κ3) is 5.31. The lowest BCUT2D eigenvalue weighted by Gasteiger charge is -2.12. The summed E-state index contributed by atoms with van der Waals surface area (Å²) in [7, 11) is 0. The van der Waals surface area contributed by atoms with E-state index in [9.17, 15) is 29.4 Å². The Labute approximate surface area is 159 Å². The van der Waals surface area contributed by atoms with E-state index in [1.165, 1.54) is 0 Å². The lowest BCUT2D eigenvalue weighted by atomic mass is 9.95. The van der Waals surface area contributed by atoms with Gasteiger partial charge in [-0.05, 0) is 29.7 Å². The van der Waals surface area contributed by atoms with Gasteiger partial charge in [-0.1, -0.05) is 30.3 Å². The smallest absolute Gasteiger partial charge is 0.407 e. The fourth-order valence-corrected chi connectivity index (χ4v) is 2.51. The molecule has 9 nitrogen and oxygen atoms in total. The Morgan fingerprint density at radius 3 is 1.93 bits per heavy atom. The van der Waals surface area contributed by atoms with E-state index in [-0.39, 0.29) is 25.1 Å². The summed E-state index contributed by atoms with van der Waals surface area (Å²) in [5.74, 6) is -4.38. The molecule has 146 valence electrons. The number of hydrogen-bond donors (Lipinski definition) is 4. The molecule has 0 heterocycles. The fourth-order valence-electron chi connectivity index (χ4n) is 2.51. The van der Waals surface area contributed by atoms with Gasteiger partial charge in [0.25, 0.3) is 0 Å². The van der Waals surface area contributed by atoms with Crippen molar-refractivity contribution in [1.82, 2.24) is 5.32 Å². The predicted octanol–water partition coefficient (Wildman–Crippen LogP) is 2.25.